The molecule has 1 atom stereocenters. The first kappa shape index (κ1) is 25.4. The fourth-order valence-corrected chi connectivity index (χ4v) is 5.45. The van der Waals surface area contributed by atoms with Crippen LogP contribution >= 0.6 is 11.6 Å². The molecule has 2 aromatic rings. The van der Waals surface area contributed by atoms with E-state index >= 15 is 0 Å². The molecule has 2 aliphatic rings. The molecule has 1 aliphatic heterocycles. The molecular formula is C26H42ClN7. The first-order valence-electron chi connectivity index (χ1n) is 13.0. The highest BCUT2D eigenvalue weighted by molar-refractivity contribution is 6.31. The Morgan fingerprint density at radius 3 is 2.44 bits per heavy atom. The Morgan fingerprint density at radius 1 is 1.06 bits per heavy atom. The number of fused-ring (bicyclic) bond motifs is 1. The molecule has 0 amide bonds. The molecular weight excluding hydrogens is 446 g/mol. The number of likely N-dealkylation sites (N-methyl/N-ethyl adjacent to an activating group) is 1. The fourth-order valence-electron chi connectivity index (χ4n) is 5.28. The molecule has 1 aliphatic carbocycles. The first-order chi connectivity index (χ1) is 16.4. The third kappa shape index (κ3) is 6.72. The van der Waals surface area contributed by atoms with Crippen LogP contribution in [0.15, 0.2) is 18.2 Å². The highest BCUT2D eigenvalue weighted by Gasteiger charge is 2.23. The van der Waals surface area contributed by atoms with Crippen molar-refractivity contribution in [2.75, 3.05) is 70.5 Å². The second kappa shape index (κ2) is 11.8. The summed E-state index contributed by atoms with van der Waals surface area (Å²) in [5.74, 6) is 2.11. The quantitative estimate of drug-likeness (QED) is 0.548. The minimum absolute atomic E-state index is 0.432. The van der Waals surface area contributed by atoms with E-state index in [1.165, 1.54) is 25.9 Å². The van der Waals surface area contributed by atoms with E-state index < -0.39 is 0 Å². The lowest BCUT2D eigenvalue weighted by atomic mass is 9.90. The molecule has 2 heterocycles. The number of piperazine rings is 1. The Labute approximate surface area is 210 Å². The van der Waals surface area contributed by atoms with Crippen molar-refractivity contribution in [1.29, 1.82) is 0 Å². The van der Waals surface area contributed by atoms with E-state index in [1.807, 2.05) is 18.2 Å². The molecule has 1 saturated heterocycles. The Morgan fingerprint density at radius 2 is 1.76 bits per heavy atom. The Bertz CT molecular complexity index is 921. The van der Waals surface area contributed by atoms with Crippen LogP contribution in [0.5, 0.6) is 0 Å². The summed E-state index contributed by atoms with van der Waals surface area (Å²) >= 11 is 6.33. The zero-order valence-electron chi connectivity index (χ0n) is 21.4. The lowest BCUT2D eigenvalue weighted by Gasteiger charge is -2.35. The second-order valence-electron chi connectivity index (χ2n) is 10.4. The van der Waals surface area contributed by atoms with Crippen LogP contribution in [0.3, 0.4) is 0 Å². The van der Waals surface area contributed by atoms with Gasteiger partial charge in [0.15, 0.2) is 0 Å². The van der Waals surface area contributed by atoms with Gasteiger partial charge in [0.25, 0.3) is 0 Å². The minimum atomic E-state index is 0.432. The topological polar surface area (TPSA) is 59.6 Å². The zero-order valence-corrected chi connectivity index (χ0v) is 22.1. The van der Waals surface area contributed by atoms with Crippen molar-refractivity contribution < 1.29 is 0 Å². The van der Waals surface area contributed by atoms with Gasteiger partial charge in [-0.2, -0.15) is 4.98 Å². The lowest BCUT2D eigenvalue weighted by molar-refractivity contribution is 0.126. The van der Waals surface area contributed by atoms with Crippen molar-refractivity contribution in [2.24, 2.45) is 5.92 Å². The van der Waals surface area contributed by atoms with Crippen LogP contribution in [0.25, 0.3) is 10.9 Å². The molecule has 1 unspecified atom stereocenters. The fraction of sp³-hybridized carbons (Fsp3) is 0.692. The molecule has 7 nitrogen and oxygen atoms in total. The molecule has 2 fully saturated rings. The van der Waals surface area contributed by atoms with Crippen LogP contribution in [-0.4, -0.2) is 96.7 Å². The summed E-state index contributed by atoms with van der Waals surface area (Å²) in [5, 5.41) is 8.96. The molecule has 0 bridgehead atoms. The van der Waals surface area contributed by atoms with Crippen molar-refractivity contribution >= 4 is 34.3 Å². The maximum absolute atomic E-state index is 6.33. The maximum atomic E-state index is 6.33. The lowest BCUT2D eigenvalue weighted by Crippen LogP contribution is -2.47. The van der Waals surface area contributed by atoms with Crippen LogP contribution in [0.1, 0.15) is 39.5 Å². The summed E-state index contributed by atoms with van der Waals surface area (Å²) in [7, 11) is 4.37. The molecule has 34 heavy (non-hydrogen) atoms. The van der Waals surface area contributed by atoms with Crippen molar-refractivity contribution in [3.63, 3.8) is 0 Å². The predicted molar refractivity (Wildman–Crippen MR) is 144 cm³/mol. The van der Waals surface area contributed by atoms with Crippen LogP contribution < -0.4 is 10.6 Å². The van der Waals surface area contributed by atoms with Gasteiger partial charge in [-0.1, -0.05) is 25.4 Å². The number of nitrogens with zero attached hydrogens (tertiary/aromatic N) is 5. The number of aromatic nitrogens is 2. The molecule has 1 aromatic heterocycles. The third-order valence-electron chi connectivity index (χ3n) is 7.52. The second-order valence-corrected chi connectivity index (χ2v) is 10.8. The van der Waals surface area contributed by atoms with E-state index in [0.717, 1.165) is 62.3 Å². The van der Waals surface area contributed by atoms with E-state index in [2.05, 4.69) is 53.3 Å². The Balaban J connectivity index is 1.39. The van der Waals surface area contributed by atoms with Crippen LogP contribution in [-0.2, 0) is 0 Å². The van der Waals surface area contributed by atoms with Crippen LogP contribution in [0, 0.1) is 5.92 Å². The SMILES string of the molecule is CCN1CCN(CC(C)CNc2nc(NC3CCC(N(C)C)CC3)c3cc(Cl)ccc3n2)CC1. The minimum Gasteiger partial charge on any atom is -0.367 e. The Hall–Kier alpha value is -1.67. The molecule has 4 rings (SSSR count). The van der Waals surface area contributed by atoms with Gasteiger partial charge in [-0.3, -0.25) is 0 Å². The van der Waals surface area contributed by atoms with Gasteiger partial charge in [-0.25, -0.2) is 4.98 Å². The summed E-state index contributed by atoms with van der Waals surface area (Å²) in [4.78, 5) is 17.2. The van der Waals surface area contributed by atoms with E-state index in [0.29, 0.717) is 29.0 Å². The number of hydrogen-bond donors (Lipinski definition) is 2. The summed E-state index contributed by atoms with van der Waals surface area (Å²) < 4.78 is 0. The first-order valence-corrected chi connectivity index (χ1v) is 13.4. The van der Waals surface area contributed by atoms with Crippen molar-refractivity contribution in [3.05, 3.63) is 23.2 Å². The van der Waals surface area contributed by atoms with E-state index in [9.17, 15) is 0 Å². The maximum Gasteiger partial charge on any atom is 0.225 e. The average Bonchev–Trinajstić information content (AvgIpc) is 2.84. The average molecular weight is 488 g/mol. The van der Waals surface area contributed by atoms with Gasteiger partial charge in [0.05, 0.1) is 5.52 Å². The zero-order chi connectivity index (χ0) is 24.1. The van der Waals surface area contributed by atoms with Gasteiger partial charge in [0, 0.05) is 61.8 Å². The molecule has 1 saturated carbocycles. The van der Waals surface area contributed by atoms with Gasteiger partial charge >= 0.3 is 0 Å². The molecule has 1 aromatic carbocycles. The Kier molecular flexibility index (Phi) is 8.86. The predicted octanol–water partition coefficient (Wildman–Crippen LogP) is 4.25. The van der Waals surface area contributed by atoms with Crippen LogP contribution in [0.4, 0.5) is 11.8 Å². The summed E-state index contributed by atoms with van der Waals surface area (Å²) in [6, 6.07) is 6.99. The molecule has 2 N–H and O–H groups in total. The van der Waals surface area contributed by atoms with Gasteiger partial charge < -0.3 is 25.3 Å². The van der Waals surface area contributed by atoms with E-state index in [-0.39, 0.29) is 0 Å². The number of rotatable bonds is 9. The number of benzene rings is 1. The van der Waals surface area contributed by atoms with Gasteiger partial charge in [0.1, 0.15) is 5.82 Å². The summed E-state index contributed by atoms with van der Waals surface area (Å²) in [6.45, 7) is 12.4. The summed E-state index contributed by atoms with van der Waals surface area (Å²) in [5.41, 5.74) is 0.926. The highest BCUT2D eigenvalue weighted by Crippen LogP contribution is 2.29. The smallest absolute Gasteiger partial charge is 0.225 e. The largest absolute Gasteiger partial charge is 0.367 e. The third-order valence-corrected chi connectivity index (χ3v) is 7.75. The van der Waals surface area contributed by atoms with Crippen molar-refractivity contribution in [2.45, 2.75) is 51.6 Å². The number of halogens is 1. The van der Waals surface area contributed by atoms with Gasteiger partial charge in [-0.15, -0.1) is 0 Å². The number of anilines is 2. The molecule has 8 heteroatoms. The molecule has 0 radical (unpaired) electrons. The standard InChI is InChI=1S/C26H42ClN7/c1-5-33-12-14-34(15-13-33)18-19(2)17-28-26-30-24-11-6-20(27)16-23(24)25(31-26)29-21-7-9-22(10-8-21)32(3)4/h6,11,16,19,21-22H,5,7-10,12-15,17-18H2,1-4H3,(H2,28,29,30,31). The summed E-state index contributed by atoms with van der Waals surface area (Å²) in [6.07, 6.45) is 4.73. The number of hydrogen-bond acceptors (Lipinski definition) is 7. The van der Waals surface area contributed by atoms with Gasteiger partial charge in [0.2, 0.25) is 5.95 Å². The van der Waals surface area contributed by atoms with Crippen molar-refractivity contribution in [1.82, 2.24) is 24.7 Å². The monoisotopic (exact) mass is 487 g/mol. The van der Waals surface area contributed by atoms with Crippen molar-refractivity contribution in [3.8, 4) is 0 Å². The van der Waals surface area contributed by atoms with Gasteiger partial charge in [-0.05, 0) is 70.4 Å². The molecule has 0 spiro atoms. The molecule has 188 valence electrons. The highest BCUT2D eigenvalue weighted by atomic mass is 35.5. The number of nitrogens with one attached hydrogen (secondary N) is 2. The van der Waals surface area contributed by atoms with Crippen LogP contribution in [0.2, 0.25) is 5.02 Å². The normalized spacial score (nSPS) is 23.4. The van der Waals surface area contributed by atoms with E-state index in [1.54, 1.807) is 0 Å². The van der Waals surface area contributed by atoms with E-state index in [4.69, 9.17) is 21.6 Å².